The number of benzene rings is 2. The quantitative estimate of drug-likeness (QED) is 0.214. The van der Waals surface area contributed by atoms with Crippen molar-refractivity contribution in [1.82, 2.24) is 25.1 Å². The Hall–Kier alpha value is -5.02. The van der Waals surface area contributed by atoms with Crippen molar-refractivity contribution in [3.05, 3.63) is 69.1 Å². The molecule has 0 saturated carbocycles. The summed E-state index contributed by atoms with van der Waals surface area (Å²) >= 11 is 0. The Morgan fingerprint density at radius 2 is 2.11 bits per heavy atom. The number of hydrogen-bond donors (Lipinski definition) is 3. The first-order chi connectivity index (χ1) is 21.7. The summed E-state index contributed by atoms with van der Waals surface area (Å²) in [5.41, 5.74) is 1.21. The van der Waals surface area contributed by atoms with Gasteiger partial charge in [0.05, 0.1) is 28.9 Å². The summed E-state index contributed by atoms with van der Waals surface area (Å²) in [7, 11) is 0. The van der Waals surface area contributed by atoms with Crippen molar-refractivity contribution in [2.24, 2.45) is 0 Å². The smallest absolute Gasteiger partial charge is 0.349 e. The first-order valence-corrected chi connectivity index (χ1v) is 14.7. The molecule has 2 atom stereocenters. The topological polar surface area (TPSA) is 129 Å². The number of phenols is 1. The fourth-order valence-corrected chi connectivity index (χ4v) is 6.81. The molecule has 2 aromatic carbocycles. The van der Waals surface area contributed by atoms with Crippen LogP contribution in [0.15, 0.2) is 39.5 Å². The number of aromatic nitrogens is 4. The third-order valence-corrected chi connectivity index (χ3v) is 8.85. The average Bonchev–Trinajstić information content (AvgIpc) is 3.69. The fourth-order valence-electron chi connectivity index (χ4n) is 6.81. The van der Waals surface area contributed by atoms with Crippen LogP contribution in [-0.2, 0) is 6.54 Å². The number of rotatable bonds is 7. The minimum atomic E-state index is -0.926. The summed E-state index contributed by atoms with van der Waals surface area (Å²) in [4.78, 5) is 25.0. The van der Waals surface area contributed by atoms with Gasteiger partial charge in [0.2, 0.25) is 0 Å². The van der Waals surface area contributed by atoms with E-state index in [-0.39, 0.29) is 58.5 Å². The highest BCUT2D eigenvalue weighted by molar-refractivity contribution is 6.03. The molecule has 0 amide bonds. The van der Waals surface area contributed by atoms with Gasteiger partial charge in [-0.2, -0.15) is 15.1 Å². The molecule has 2 saturated heterocycles. The Labute approximate surface area is 256 Å². The molecule has 0 unspecified atom stereocenters. The van der Waals surface area contributed by atoms with Crippen molar-refractivity contribution in [2.75, 3.05) is 25.0 Å². The number of hydrogen-bond acceptors (Lipinski definition) is 9. The molecule has 3 aromatic heterocycles. The van der Waals surface area contributed by atoms with Gasteiger partial charge in [-0.25, -0.2) is 13.6 Å². The number of halogens is 2. The molecule has 2 aliphatic rings. The molecule has 12 heteroatoms. The number of phenolic OH excluding ortho intramolecular Hbond substituents is 1. The molecule has 230 valence electrons. The molecule has 10 nitrogen and oxygen atoms in total. The van der Waals surface area contributed by atoms with E-state index in [2.05, 4.69) is 36.3 Å². The summed E-state index contributed by atoms with van der Waals surface area (Å²) in [6, 6.07) is 7.40. The van der Waals surface area contributed by atoms with E-state index >= 15 is 0 Å². The Kier molecular flexibility index (Phi) is 6.93. The van der Waals surface area contributed by atoms with Gasteiger partial charge in [0, 0.05) is 35.2 Å². The monoisotopic (exact) mass is 612 g/mol. The number of aromatic amines is 1. The molecule has 45 heavy (non-hydrogen) atoms. The SMILES string of the molecule is C#Cc1c(F)ccc2cc(O)cc(-c3oc(=O)c4c(NCc5cc(C)[nH]n5)nc(OC[C@@]56CCCN5C[C@H](F)C6)nc4c3C)c12. The lowest BCUT2D eigenvalue weighted by molar-refractivity contribution is 0.107. The van der Waals surface area contributed by atoms with Crippen molar-refractivity contribution in [2.45, 2.75) is 51.4 Å². The largest absolute Gasteiger partial charge is 0.508 e. The Balaban J connectivity index is 1.38. The molecule has 0 spiro atoms. The van der Waals surface area contributed by atoms with Crippen LogP contribution in [0.5, 0.6) is 11.8 Å². The molecule has 7 rings (SSSR count). The molecule has 2 aliphatic heterocycles. The second-order valence-electron chi connectivity index (χ2n) is 11.8. The number of aryl methyl sites for hydroxylation is 2. The van der Waals surface area contributed by atoms with Gasteiger partial charge in [-0.15, -0.1) is 6.42 Å². The van der Waals surface area contributed by atoms with E-state index in [4.69, 9.17) is 15.6 Å². The highest BCUT2D eigenvalue weighted by atomic mass is 19.1. The van der Waals surface area contributed by atoms with Crippen molar-refractivity contribution < 1.29 is 23.0 Å². The van der Waals surface area contributed by atoms with Crippen molar-refractivity contribution in [3.8, 4) is 35.4 Å². The standard InChI is InChI=1S/C33H30F2N6O4/c1-4-23-25(35)7-6-19-11-22(42)12-24(26(19)23)29-18(3)28-27(31(43)45-29)30(36-14-21-10-17(2)39-40-21)38-32(37-28)44-16-33-8-5-9-41(33)15-20(34)13-33/h1,6-7,10-12,20,42H,5,8-9,13-16H2,2-3H3,(H,39,40)(H,36,37,38)/t20-,33+/m1/s1. The van der Waals surface area contributed by atoms with Crippen LogP contribution in [0, 0.1) is 32.0 Å². The molecule has 0 radical (unpaired) electrons. The third-order valence-electron chi connectivity index (χ3n) is 8.85. The zero-order valence-corrected chi connectivity index (χ0v) is 24.7. The molecule has 0 bridgehead atoms. The molecule has 5 heterocycles. The zero-order valence-electron chi connectivity index (χ0n) is 24.7. The number of ether oxygens (including phenoxy) is 1. The van der Waals surface area contributed by atoms with Gasteiger partial charge in [0.15, 0.2) is 0 Å². The van der Waals surface area contributed by atoms with E-state index in [1.165, 1.54) is 24.3 Å². The molecular weight excluding hydrogens is 582 g/mol. The molecule has 3 N–H and O–H groups in total. The van der Waals surface area contributed by atoms with Crippen LogP contribution in [0.25, 0.3) is 33.0 Å². The van der Waals surface area contributed by atoms with Gasteiger partial charge in [-0.05, 0) is 62.9 Å². The minimum Gasteiger partial charge on any atom is -0.508 e. The Bertz CT molecular complexity index is 2090. The molecular formula is C33H30F2N6O4. The van der Waals surface area contributed by atoms with Crippen LogP contribution < -0.4 is 15.7 Å². The van der Waals surface area contributed by atoms with E-state index in [1.54, 1.807) is 6.92 Å². The highest BCUT2D eigenvalue weighted by Gasteiger charge is 2.49. The van der Waals surface area contributed by atoms with Gasteiger partial charge in [0.25, 0.3) is 0 Å². The van der Waals surface area contributed by atoms with Gasteiger partial charge >= 0.3 is 11.6 Å². The molecule has 2 fully saturated rings. The summed E-state index contributed by atoms with van der Waals surface area (Å²) < 4.78 is 41.3. The van der Waals surface area contributed by atoms with E-state index in [0.29, 0.717) is 35.0 Å². The second-order valence-corrected chi connectivity index (χ2v) is 11.8. The van der Waals surface area contributed by atoms with Crippen molar-refractivity contribution >= 4 is 27.5 Å². The van der Waals surface area contributed by atoms with Crippen LogP contribution >= 0.6 is 0 Å². The first-order valence-electron chi connectivity index (χ1n) is 14.7. The van der Waals surface area contributed by atoms with Crippen LogP contribution in [0.1, 0.15) is 41.8 Å². The van der Waals surface area contributed by atoms with E-state index in [1.807, 2.05) is 13.0 Å². The van der Waals surface area contributed by atoms with Crippen molar-refractivity contribution in [3.63, 3.8) is 0 Å². The predicted molar refractivity (Wildman–Crippen MR) is 165 cm³/mol. The lowest BCUT2D eigenvalue weighted by Crippen LogP contribution is -2.43. The molecule has 0 aliphatic carbocycles. The van der Waals surface area contributed by atoms with Gasteiger partial charge < -0.3 is 19.6 Å². The fraction of sp³-hybridized carbons (Fsp3) is 0.333. The first kappa shape index (κ1) is 28.7. The molecule has 5 aromatic rings. The summed E-state index contributed by atoms with van der Waals surface area (Å²) in [5, 5.41) is 21.7. The van der Waals surface area contributed by atoms with Crippen LogP contribution in [0.4, 0.5) is 14.6 Å². The highest BCUT2D eigenvalue weighted by Crippen LogP contribution is 2.41. The predicted octanol–water partition coefficient (Wildman–Crippen LogP) is 5.14. The van der Waals surface area contributed by atoms with E-state index in [0.717, 1.165) is 25.1 Å². The second kappa shape index (κ2) is 10.9. The lowest BCUT2D eigenvalue weighted by atomic mass is 9.95. The lowest BCUT2D eigenvalue weighted by Gasteiger charge is -2.30. The maximum atomic E-state index is 14.8. The van der Waals surface area contributed by atoms with Gasteiger partial charge in [0.1, 0.15) is 41.3 Å². The summed E-state index contributed by atoms with van der Waals surface area (Å²) in [6.07, 6.45) is 6.89. The van der Waals surface area contributed by atoms with Gasteiger partial charge in [-0.3, -0.25) is 10.00 Å². The van der Waals surface area contributed by atoms with Crippen molar-refractivity contribution in [1.29, 1.82) is 0 Å². The maximum absolute atomic E-state index is 14.8. The number of fused-ring (bicyclic) bond motifs is 3. The minimum absolute atomic E-state index is 0.00233. The van der Waals surface area contributed by atoms with Crippen LogP contribution in [0.2, 0.25) is 0 Å². The number of anilines is 1. The number of alkyl halides is 1. The third kappa shape index (κ3) is 4.93. The maximum Gasteiger partial charge on any atom is 0.349 e. The normalized spacial score (nSPS) is 19.7. The van der Waals surface area contributed by atoms with Gasteiger partial charge in [-0.1, -0.05) is 12.0 Å². The van der Waals surface area contributed by atoms with Crippen LogP contribution in [-0.4, -0.2) is 61.6 Å². The Morgan fingerprint density at radius 3 is 2.89 bits per heavy atom. The number of nitrogens with one attached hydrogen (secondary N) is 2. The van der Waals surface area contributed by atoms with E-state index in [9.17, 15) is 18.7 Å². The van der Waals surface area contributed by atoms with Crippen LogP contribution in [0.3, 0.4) is 0 Å². The average molecular weight is 613 g/mol. The summed E-state index contributed by atoms with van der Waals surface area (Å²) in [5.74, 6) is 1.87. The zero-order chi connectivity index (χ0) is 31.5. The summed E-state index contributed by atoms with van der Waals surface area (Å²) in [6.45, 7) is 5.18. The number of H-pyrrole nitrogens is 1. The number of nitrogens with zero attached hydrogens (tertiary/aromatic N) is 4. The number of terminal acetylenes is 1. The Morgan fingerprint density at radius 1 is 1.27 bits per heavy atom. The van der Waals surface area contributed by atoms with E-state index < -0.39 is 23.2 Å². The number of aromatic hydroxyl groups is 1.